The summed E-state index contributed by atoms with van der Waals surface area (Å²) in [4.78, 5) is 0. The van der Waals surface area contributed by atoms with Crippen molar-refractivity contribution < 1.29 is 28.2 Å². The molecule has 6 heteroatoms. The summed E-state index contributed by atoms with van der Waals surface area (Å²) in [6.07, 6.45) is 1.75. The largest absolute Gasteiger partial charge is 0.269 e. The first-order valence-corrected chi connectivity index (χ1v) is 1.49. The van der Waals surface area contributed by atoms with Gasteiger partial charge in [-0.05, 0) is 6.92 Å². The molecule has 0 aromatic rings. The molecule has 0 spiro atoms. The molecule has 0 aromatic heterocycles. The fourth-order valence-electron chi connectivity index (χ4n) is 0. The van der Waals surface area contributed by atoms with Gasteiger partial charge in [0.2, 0.25) is 0 Å². The van der Waals surface area contributed by atoms with Crippen LogP contribution in [0.1, 0.15) is 6.92 Å². The average Bonchev–Trinajstić information content (AvgIpc) is 1.46. The van der Waals surface area contributed by atoms with Crippen molar-refractivity contribution in [2.45, 2.75) is 6.92 Å². The van der Waals surface area contributed by atoms with Crippen LogP contribution in [0.5, 0.6) is 0 Å². The molecular weight excluding hydrogens is 174 g/mol. The Morgan fingerprint density at radius 1 is 0.727 bits per heavy atom. The molecule has 0 radical (unpaired) electrons. The van der Waals surface area contributed by atoms with Crippen molar-refractivity contribution in [2.24, 2.45) is 0 Å². The number of hydrogen-bond donors (Lipinski definition) is 0. The summed E-state index contributed by atoms with van der Waals surface area (Å²) in [5, 5.41) is 0. The van der Waals surface area contributed by atoms with E-state index in [1.807, 2.05) is 6.92 Å². The summed E-state index contributed by atoms with van der Waals surface area (Å²) < 4.78 is 0. The Kier molecular flexibility index (Phi) is 2890000. The first kappa shape index (κ1) is 195. The van der Waals surface area contributed by atoms with Gasteiger partial charge in [-0.3, -0.25) is 28.2 Å². The Morgan fingerprint density at radius 2 is 0.727 bits per heavy atom. The van der Waals surface area contributed by atoms with Crippen LogP contribution in [0.15, 0.2) is 25.8 Å². The van der Waals surface area contributed by atoms with Crippen LogP contribution >= 0.6 is 0 Å². The van der Waals surface area contributed by atoms with Crippen LogP contribution in [0, 0.1) is 0 Å². The molecule has 0 aromatic carbocycles. The van der Waals surface area contributed by atoms with E-state index in [1.165, 1.54) is 0 Å². The maximum atomic E-state index is 3.36. The summed E-state index contributed by atoms with van der Waals surface area (Å²) in [7, 11) is 0. The third-order valence-electron chi connectivity index (χ3n) is 0. The Labute approximate surface area is 62.2 Å². The Morgan fingerprint density at radius 3 is 0.727 bits per heavy atom. The zero-order valence-corrected chi connectivity index (χ0v) is 6.15. The normalized spacial score (nSPS) is 1.55. The molecular formula is C5H16F6. The van der Waals surface area contributed by atoms with Crippen molar-refractivity contribution in [3.05, 3.63) is 25.8 Å². The number of hydrogen-bond acceptors (Lipinski definition) is 0. The molecule has 0 N–H and O–H groups in total. The van der Waals surface area contributed by atoms with Gasteiger partial charge in [0.15, 0.2) is 0 Å². The van der Waals surface area contributed by atoms with Crippen molar-refractivity contribution in [3.8, 4) is 0 Å². The van der Waals surface area contributed by atoms with Crippen molar-refractivity contribution in [1.29, 1.82) is 0 Å². The summed E-state index contributed by atoms with van der Waals surface area (Å²) in [5.74, 6) is 0. The lowest BCUT2D eigenvalue weighted by atomic mass is 10.8. The van der Waals surface area contributed by atoms with Crippen LogP contribution in [-0.2, 0) is 0 Å². The first-order chi connectivity index (χ1) is 2.41. The van der Waals surface area contributed by atoms with E-state index in [4.69, 9.17) is 0 Å². The van der Waals surface area contributed by atoms with Gasteiger partial charge >= 0.3 is 0 Å². The van der Waals surface area contributed by atoms with Crippen LogP contribution in [0.4, 0.5) is 28.2 Å². The molecule has 0 fully saturated rings. The first-order valence-electron chi connectivity index (χ1n) is 1.49. The number of allylic oxidation sites excluding steroid dienone is 1. The molecule has 0 heterocycles. The second-order valence-corrected chi connectivity index (χ2v) is 0.408. The fraction of sp³-hybridized carbons (Fsp3) is 0.200. The molecule has 11 heavy (non-hydrogen) atoms. The lowest BCUT2D eigenvalue weighted by Gasteiger charge is -1.31. The molecule has 0 nitrogen and oxygen atoms in total. The van der Waals surface area contributed by atoms with Gasteiger partial charge in [0.25, 0.3) is 0 Å². The van der Waals surface area contributed by atoms with Gasteiger partial charge in [-0.1, -0.05) is 6.08 Å². The average molecular weight is 190 g/mol. The number of rotatable bonds is 0. The third kappa shape index (κ3) is 511. The second kappa shape index (κ2) is 163000. The second-order valence-electron chi connectivity index (χ2n) is 0.408. The Bertz CT molecular complexity index is 24.9. The SMILES string of the molecule is C=C.C=CC.F.F.F.F.F.F. The molecule has 0 saturated carbocycles. The van der Waals surface area contributed by atoms with Gasteiger partial charge in [-0.2, -0.15) is 0 Å². The minimum atomic E-state index is 0. The van der Waals surface area contributed by atoms with Crippen molar-refractivity contribution >= 4 is 0 Å². The van der Waals surface area contributed by atoms with Crippen molar-refractivity contribution in [3.63, 3.8) is 0 Å². The molecule has 0 aliphatic rings. The van der Waals surface area contributed by atoms with Crippen LogP contribution < -0.4 is 0 Å². The lowest BCUT2D eigenvalue weighted by molar-refractivity contribution is 1.11. The Hall–Kier alpha value is -0.940. The van der Waals surface area contributed by atoms with Crippen molar-refractivity contribution in [1.82, 2.24) is 0 Å². The highest BCUT2D eigenvalue weighted by Crippen LogP contribution is 1.38. The van der Waals surface area contributed by atoms with E-state index in [0.717, 1.165) is 0 Å². The predicted octanol–water partition coefficient (Wildman–Crippen LogP) is 2.91. The van der Waals surface area contributed by atoms with Gasteiger partial charge in [0.05, 0.1) is 0 Å². The van der Waals surface area contributed by atoms with Crippen LogP contribution in [-0.4, -0.2) is 0 Å². The molecule has 0 bridgehead atoms. The predicted molar refractivity (Wildman–Crippen MR) is 42.1 cm³/mol. The Balaban J connectivity index is -0.00000000181. The van der Waals surface area contributed by atoms with E-state index in [9.17, 15) is 0 Å². The molecule has 0 atom stereocenters. The molecule has 78 valence electrons. The number of halogens is 6. The maximum Gasteiger partial charge on any atom is -0.0473 e. The van der Waals surface area contributed by atoms with Gasteiger partial charge in [0, 0.05) is 0 Å². The van der Waals surface area contributed by atoms with Crippen LogP contribution in [0.3, 0.4) is 0 Å². The van der Waals surface area contributed by atoms with Crippen LogP contribution in [0.2, 0.25) is 0 Å². The lowest BCUT2D eigenvalue weighted by Crippen LogP contribution is -1.07. The highest BCUT2D eigenvalue weighted by molar-refractivity contribution is 4.51. The monoisotopic (exact) mass is 190 g/mol. The van der Waals surface area contributed by atoms with Gasteiger partial charge < -0.3 is 0 Å². The van der Waals surface area contributed by atoms with Crippen molar-refractivity contribution in [2.75, 3.05) is 0 Å². The van der Waals surface area contributed by atoms with E-state index < -0.39 is 0 Å². The summed E-state index contributed by atoms with van der Waals surface area (Å²) in [5.41, 5.74) is 0. The minimum absolute atomic E-state index is 0. The smallest absolute Gasteiger partial charge is 0.0473 e. The minimum Gasteiger partial charge on any atom is -0.269 e. The molecule has 0 aliphatic carbocycles. The standard InChI is InChI=1S/C3H6.C2H4.6FH/c1-3-2;1-2;;;;;;/h3H,1H2,2H3;1-2H2;6*1H. The topological polar surface area (TPSA) is 0 Å². The molecule has 0 rings (SSSR count). The zero-order chi connectivity index (χ0) is 4.71. The van der Waals surface area contributed by atoms with Gasteiger partial charge in [-0.15, -0.1) is 19.7 Å². The maximum absolute atomic E-state index is 3.36. The van der Waals surface area contributed by atoms with E-state index >= 15 is 0 Å². The molecule has 0 amide bonds. The summed E-state index contributed by atoms with van der Waals surface area (Å²) in [6, 6.07) is 0. The summed E-state index contributed by atoms with van der Waals surface area (Å²) >= 11 is 0. The van der Waals surface area contributed by atoms with Gasteiger partial charge in [-0.25, -0.2) is 0 Å². The molecule has 0 saturated heterocycles. The highest BCUT2D eigenvalue weighted by Gasteiger charge is 1.15. The third-order valence-corrected chi connectivity index (χ3v) is 0. The molecule has 0 aliphatic heterocycles. The van der Waals surface area contributed by atoms with E-state index in [-0.39, 0.29) is 28.2 Å². The van der Waals surface area contributed by atoms with Crippen LogP contribution in [0.25, 0.3) is 0 Å². The van der Waals surface area contributed by atoms with Gasteiger partial charge in [0.1, 0.15) is 0 Å². The van der Waals surface area contributed by atoms with E-state index in [2.05, 4.69) is 19.7 Å². The van der Waals surface area contributed by atoms with E-state index in [0.29, 0.717) is 0 Å². The highest BCUT2D eigenvalue weighted by atomic mass is 19.0. The quantitative estimate of drug-likeness (QED) is 0.407. The molecule has 0 unspecified atom stereocenters. The van der Waals surface area contributed by atoms with E-state index in [1.54, 1.807) is 6.08 Å². The zero-order valence-electron chi connectivity index (χ0n) is 6.15. The fourth-order valence-corrected chi connectivity index (χ4v) is 0. The summed E-state index contributed by atoms with van der Waals surface area (Å²) in [6.45, 7) is 11.2.